The molecule has 0 bridgehead atoms. The van der Waals surface area contributed by atoms with Crippen LogP contribution in [0.4, 0.5) is 10.8 Å². The fourth-order valence-electron chi connectivity index (χ4n) is 3.31. The second-order valence-corrected chi connectivity index (χ2v) is 11.9. The second kappa shape index (κ2) is 8.46. The Balaban J connectivity index is 1.49. The molecule has 32 heavy (non-hydrogen) atoms. The molecule has 2 heterocycles. The Morgan fingerprint density at radius 2 is 1.84 bits per heavy atom. The maximum Gasteiger partial charge on any atom is 0.237 e. The Bertz CT molecular complexity index is 1270. The Morgan fingerprint density at radius 1 is 1.16 bits per heavy atom. The van der Waals surface area contributed by atoms with Crippen molar-refractivity contribution in [2.45, 2.75) is 44.3 Å². The summed E-state index contributed by atoms with van der Waals surface area (Å²) in [4.78, 5) is 22.4. The number of aryl methyl sites for hydroxylation is 1. The number of amides is 1. The van der Waals surface area contributed by atoms with Crippen molar-refractivity contribution in [3.05, 3.63) is 58.3 Å². The van der Waals surface area contributed by atoms with Gasteiger partial charge >= 0.3 is 0 Å². The monoisotopic (exact) mass is 490 g/mol. The summed E-state index contributed by atoms with van der Waals surface area (Å²) in [5, 5.41) is 3.44. The number of anilines is 2. The van der Waals surface area contributed by atoms with Crippen LogP contribution in [0, 0.1) is 6.92 Å². The van der Waals surface area contributed by atoms with Crippen LogP contribution in [-0.2, 0) is 20.2 Å². The van der Waals surface area contributed by atoms with Crippen molar-refractivity contribution >= 4 is 49.7 Å². The Labute approximate surface area is 196 Å². The lowest BCUT2D eigenvalue weighted by Crippen LogP contribution is -2.35. The van der Waals surface area contributed by atoms with E-state index in [9.17, 15) is 13.2 Å². The smallest absolute Gasteiger partial charge is 0.237 e. The van der Waals surface area contributed by atoms with Crippen LogP contribution in [0.5, 0.6) is 0 Å². The average molecular weight is 491 g/mol. The summed E-state index contributed by atoms with van der Waals surface area (Å²) in [6.07, 6.45) is 4.65. The summed E-state index contributed by atoms with van der Waals surface area (Å²) >= 11 is 7.25. The maximum atomic E-state index is 13.1. The zero-order valence-corrected chi connectivity index (χ0v) is 20.2. The molecule has 1 saturated carbocycles. The van der Waals surface area contributed by atoms with Crippen LogP contribution in [-0.4, -0.2) is 29.5 Å². The van der Waals surface area contributed by atoms with Gasteiger partial charge in [0.15, 0.2) is 5.13 Å². The molecule has 7 nitrogen and oxygen atoms in total. The quantitative estimate of drug-likeness (QED) is 0.486. The number of thiazole rings is 1. The van der Waals surface area contributed by atoms with E-state index in [1.54, 1.807) is 26.2 Å². The molecule has 0 atom stereocenters. The van der Waals surface area contributed by atoms with Gasteiger partial charge in [-0.15, -0.1) is 11.3 Å². The first kappa shape index (κ1) is 22.7. The fraction of sp³-hybridized carbons (Fsp3) is 0.318. The van der Waals surface area contributed by atoms with Crippen molar-refractivity contribution in [1.29, 1.82) is 0 Å². The van der Waals surface area contributed by atoms with Gasteiger partial charge in [0.1, 0.15) is 0 Å². The Morgan fingerprint density at radius 3 is 2.47 bits per heavy atom. The molecule has 0 radical (unpaired) electrons. The van der Waals surface area contributed by atoms with Gasteiger partial charge in [-0.25, -0.2) is 13.4 Å². The number of sulfonamides is 1. The SMILES string of the molecule is Cc1sc(NS(=O)(=O)C2CC2)nc1C(C)(C)C(=O)Nc1ccc(-c2cncc(Cl)c2)cc1. The summed E-state index contributed by atoms with van der Waals surface area (Å²) in [7, 11) is -3.40. The van der Waals surface area contributed by atoms with Gasteiger partial charge in [-0.3, -0.25) is 14.5 Å². The zero-order chi connectivity index (χ0) is 23.1. The number of benzene rings is 1. The predicted molar refractivity (Wildman–Crippen MR) is 129 cm³/mol. The predicted octanol–water partition coefficient (Wildman–Crippen LogP) is 4.99. The molecule has 0 unspecified atom stereocenters. The highest BCUT2D eigenvalue weighted by molar-refractivity contribution is 7.93. The number of nitrogens with one attached hydrogen (secondary N) is 2. The number of pyridine rings is 1. The Hall–Kier alpha value is -2.49. The number of aromatic nitrogens is 2. The normalized spacial score (nSPS) is 14.2. The molecule has 10 heteroatoms. The van der Waals surface area contributed by atoms with Crippen molar-refractivity contribution in [2.24, 2.45) is 0 Å². The molecule has 168 valence electrons. The third kappa shape index (κ3) is 4.79. The van der Waals surface area contributed by atoms with Crippen molar-refractivity contribution in [1.82, 2.24) is 9.97 Å². The number of nitrogens with zero attached hydrogens (tertiary/aromatic N) is 2. The molecular formula is C22H23ClN4O3S2. The molecule has 1 fully saturated rings. The number of halogens is 1. The van der Waals surface area contributed by atoms with Crippen LogP contribution in [0.3, 0.4) is 0 Å². The number of carbonyl (C=O) groups excluding carboxylic acids is 1. The topological polar surface area (TPSA) is 101 Å². The number of hydrogen-bond acceptors (Lipinski definition) is 6. The lowest BCUT2D eigenvalue weighted by atomic mass is 9.87. The van der Waals surface area contributed by atoms with E-state index in [0.717, 1.165) is 16.0 Å². The minimum absolute atomic E-state index is 0.236. The van der Waals surface area contributed by atoms with Crippen LogP contribution in [0.1, 0.15) is 37.3 Å². The van der Waals surface area contributed by atoms with Crippen molar-refractivity contribution in [3.8, 4) is 11.1 Å². The number of rotatable bonds is 7. The van der Waals surface area contributed by atoms with Crippen molar-refractivity contribution in [3.63, 3.8) is 0 Å². The van der Waals surface area contributed by atoms with E-state index >= 15 is 0 Å². The number of hydrogen-bond donors (Lipinski definition) is 2. The minimum atomic E-state index is -3.40. The molecule has 1 aliphatic carbocycles. The second-order valence-electron chi connectivity index (χ2n) is 8.32. The summed E-state index contributed by atoms with van der Waals surface area (Å²) in [6, 6.07) is 9.22. The van der Waals surface area contributed by atoms with Crippen LogP contribution in [0.25, 0.3) is 11.1 Å². The van der Waals surface area contributed by atoms with Gasteiger partial charge < -0.3 is 5.32 Å². The first-order valence-electron chi connectivity index (χ1n) is 10.1. The van der Waals surface area contributed by atoms with E-state index in [4.69, 9.17) is 11.6 Å². The van der Waals surface area contributed by atoms with Gasteiger partial charge in [0.25, 0.3) is 0 Å². The van der Waals surface area contributed by atoms with Gasteiger partial charge in [0, 0.05) is 28.5 Å². The van der Waals surface area contributed by atoms with E-state index in [1.165, 1.54) is 11.3 Å². The molecule has 0 aliphatic heterocycles. The number of carbonyl (C=O) groups is 1. The molecule has 0 spiro atoms. The summed E-state index contributed by atoms with van der Waals surface area (Å²) in [5.74, 6) is -0.236. The van der Waals surface area contributed by atoms with Crippen LogP contribution in [0.2, 0.25) is 5.02 Å². The molecule has 2 N–H and O–H groups in total. The highest BCUT2D eigenvalue weighted by atomic mass is 35.5. The van der Waals surface area contributed by atoms with Crippen LogP contribution in [0.15, 0.2) is 42.7 Å². The zero-order valence-electron chi connectivity index (χ0n) is 17.8. The van der Waals surface area contributed by atoms with Crippen LogP contribution < -0.4 is 10.0 Å². The van der Waals surface area contributed by atoms with E-state index in [0.29, 0.717) is 34.4 Å². The van der Waals surface area contributed by atoms with Crippen LogP contribution >= 0.6 is 22.9 Å². The van der Waals surface area contributed by atoms with E-state index < -0.39 is 15.4 Å². The van der Waals surface area contributed by atoms with Gasteiger partial charge in [0.2, 0.25) is 15.9 Å². The lowest BCUT2D eigenvalue weighted by Gasteiger charge is -2.22. The molecule has 1 amide bonds. The first-order chi connectivity index (χ1) is 15.1. The Kier molecular flexibility index (Phi) is 6.00. The van der Waals surface area contributed by atoms with Gasteiger partial charge in [-0.2, -0.15) is 0 Å². The van der Waals surface area contributed by atoms with Gasteiger partial charge in [-0.05, 0) is 57.4 Å². The highest BCUT2D eigenvalue weighted by Crippen LogP contribution is 2.35. The molecule has 4 rings (SSSR count). The van der Waals surface area contributed by atoms with Crippen molar-refractivity contribution in [2.75, 3.05) is 10.0 Å². The summed E-state index contributed by atoms with van der Waals surface area (Å²) in [5.41, 5.74) is 2.05. The molecule has 1 aliphatic rings. The molecule has 3 aromatic rings. The standard InChI is InChI=1S/C22H23ClN4O3S2/c1-13-19(26-21(31-13)27-32(29,30)18-8-9-18)22(2,3)20(28)25-17-6-4-14(5-7-17)15-10-16(23)12-24-11-15/h4-7,10-12,18H,8-9H2,1-3H3,(H,25,28)(H,26,27). The van der Waals surface area contributed by atoms with E-state index in [1.807, 2.05) is 37.3 Å². The summed E-state index contributed by atoms with van der Waals surface area (Å²) in [6.45, 7) is 5.38. The molecule has 0 saturated heterocycles. The van der Waals surface area contributed by atoms with E-state index in [-0.39, 0.29) is 11.2 Å². The third-order valence-electron chi connectivity index (χ3n) is 5.33. The largest absolute Gasteiger partial charge is 0.325 e. The highest BCUT2D eigenvalue weighted by Gasteiger charge is 2.38. The lowest BCUT2D eigenvalue weighted by molar-refractivity contribution is -0.120. The van der Waals surface area contributed by atoms with Gasteiger partial charge in [-0.1, -0.05) is 23.7 Å². The molecular weight excluding hydrogens is 468 g/mol. The minimum Gasteiger partial charge on any atom is -0.325 e. The fourth-order valence-corrected chi connectivity index (χ4v) is 6.04. The molecule has 2 aromatic heterocycles. The van der Waals surface area contributed by atoms with Gasteiger partial charge in [0.05, 0.1) is 21.4 Å². The first-order valence-corrected chi connectivity index (χ1v) is 12.8. The molecule has 1 aromatic carbocycles. The van der Waals surface area contributed by atoms with Crippen molar-refractivity contribution < 1.29 is 13.2 Å². The average Bonchev–Trinajstić information content (AvgIpc) is 3.53. The summed E-state index contributed by atoms with van der Waals surface area (Å²) < 4.78 is 27.0. The van der Waals surface area contributed by atoms with E-state index in [2.05, 4.69) is 20.0 Å². The third-order valence-corrected chi connectivity index (χ3v) is 8.38. The maximum absolute atomic E-state index is 13.1.